The third-order valence-electron chi connectivity index (χ3n) is 2.45. The van der Waals surface area contributed by atoms with Crippen molar-refractivity contribution in [2.45, 2.75) is 33.3 Å². The Morgan fingerprint density at radius 1 is 1.29 bits per heavy atom. The molecule has 0 aliphatic rings. The van der Waals surface area contributed by atoms with Crippen LogP contribution in [-0.2, 0) is 0 Å². The summed E-state index contributed by atoms with van der Waals surface area (Å²) in [6.07, 6.45) is 0. The molecule has 94 valence electrons. The van der Waals surface area contributed by atoms with Gasteiger partial charge < -0.3 is 15.7 Å². The third-order valence-corrected chi connectivity index (χ3v) is 2.69. The van der Waals surface area contributed by atoms with E-state index in [1.807, 2.05) is 12.1 Å². The van der Waals surface area contributed by atoms with Crippen LogP contribution in [0.1, 0.15) is 25.0 Å². The van der Waals surface area contributed by atoms with Crippen LogP contribution < -0.4 is 10.6 Å². The van der Waals surface area contributed by atoms with Crippen LogP contribution in [0.4, 0.5) is 5.69 Å². The molecule has 0 saturated heterocycles. The zero-order chi connectivity index (χ0) is 13.1. The summed E-state index contributed by atoms with van der Waals surface area (Å²) in [5.74, 6) is 0. The van der Waals surface area contributed by atoms with Gasteiger partial charge in [-0.05, 0) is 63.2 Å². The number of nitrogens with one attached hydrogen (secondary N) is 2. The number of thiocarbonyl (C=S) groups is 1. The Morgan fingerprint density at radius 3 is 2.47 bits per heavy atom. The first kappa shape index (κ1) is 13.9. The standard InChI is InChI=1S/C13H20N2OS/c1-9-5-6-11(7-10(9)2)15-12(17)14-8-13(3,4)16/h5-7,16H,8H2,1-4H3,(H2,14,15,17). The Bertz CT molecular complexity index is 410. The summed E-state index contributed by atoms with van der Waals surface area (Å²) in [6.45, 7) is 8.03. The number of hydrogen-bond acceptors (Lipinski definition) is 2. The van der Waals surface area contributed by atoms with Crippen LogP contribution in [0.15, 0.2) is 18.2 Å². The predicted octanol–water partition coefficient (Wildman–Crippen LogP) is 2.36. The monoisotopic (exact) mass is 252 g/mol. The maximum atomic E-state index is 9.56. The van der Waals surface area contributed by atoms with E-state index in [1.54, 1.807) is 13.8 Å². The molecule has 0 atom stereocenters. The quantitative estimate of drug-likeness (QED) is 0.723. The highest BCUT2D eigenvalue weighted by molar-refractivity contribution is 7.80. The number of hydrogen-bond donors (Lipinski definition) is 3. The fourth-order valence-corrected chi connectivity index (χ4v) is 1.48. The van der Waals surface area contributed by atoms with Crippen molar-refractivity contribution in [1.82, 2.24) is 5.32 Å². The zero-order valence-corrected chi connectivity index (χ0v) is 11.6. The van der Waals surface area contributed by atoms with E-state index >= 15 is 0 Å². The van der Waals surface area contributed by atoms with E-state index in [1.165, 1.54) is 11.1 Å². The SMILES string of the molecule is Cc1ccc(NC(=S)NCC(C)(C)O)cc1C. The second-order valence-corrected chi connectivity index (χ2v) is 5.33. The third kappa shape index (κ3) is 5.15. The summed E-state index contributed by atoms with van der Waals surface area (Å²) in [4.78, 5) is 0. The van der Waals surface area contributed by atoms with E-state index in [9.17, 15) is 5.11 Å². The molecule has 1 aromatic rings. The molecular formula is C13H20N2OS. The second kappa shape index (κ2) is 5.47. The predicted molar refractivity (Wildman–Crippen MR) is 76.4 cm³/mol. The van der Waals surface area contributed by atoms with Crippen molar-refractivity contribution >= 4 is 23.0 Å². The van der Waals surface area contributed by atoms with E-state index < -0.39 is 5.60 Å². The van der Waals surface area contributed by atoms with Crippen molar-refractivity contribution in [2.75, 3.05) is 11.9 Å². The summed E-state index contributed by atoms with van der Waals surface area (Å²) < 4.78 is 0. The van der Waals surface area contributed by atoms with Crippen molar-refractivity contribution in [3.8, 4) is 0 Å². The molecule has 1 aromatic carbocycles. The highest BCUT2D eigenvalue weighted by Gasteiger charge is 2.12. The molecule has 0 heterocycles. The highest BCUT2D eigenvalue weighted by atomic mass is 32.1. The summed E-state index contributed by atoms with van der Waals surface area (Å²) in [5, 5.41) is 16.2. The number of rotatable bonds is 3. The maximum absolute atomic E-state index is 9.56. The molecule has 0 aromatic heterocycles. The lowest BCUT2D eigenvalue weighted by molar-refractivity contribution is 0.0851. The molecular weight excluding hydrogens is 232 g/mol. The van der Waals surface area contributed by atoms with Crippen LogP contribution in [0.2, 0.25) is 0 Å². The fraction of sp³-hybridized carbons (Fsp3) is 0.462. The topological polar surface area (TPSA) is 44.3 Å². The Kier molecular flexibility index (Phi) is 4.48. The van der Waals surface area contributed by atoms with Gasteiger partial charge in [-0.2, -0.15) is 0 Å². The first-order valence-corrected chi connectivity index (χ1v) is 6.03. The summed E-state index contributed by atoms with van der Waals surface area (Å²) in [5.41, 5.74) is 2.67. The van der Waals surface area contributed by atoms with Gasteiger partial charge in [-0.3, -0.25) is 0 Å². The van der Waals surface area contributed by atoms with E-state index in [0.717, 1.165) is 5.69 Å². The van der Waals surface area contributed by atoms with Gasteiger partial charge in [0, 0.05) is 12.2 Å². The first-order chi connectivity index (χ1) is 7.78. The minimum absolute atomic E-state index is 0.420. The van der Waals surface area contributed by atoms with Gasteiger partial charge in [0.25, 0.3) is 0 Å². The molecule has 0 unspecified atom stereocenters. The van der Waals surface area contributed by atoms with Gasteiger partial charge in [-0.1, -0.05) is 6.07 Å². The first-order valence-electron chi connectivity index (χ1n) is 5.62. The molecule has 3 nitrogen and oxygen atoms in total. The van der Waals surface area contributed by atoms with Crippen molar-refractivity contribution < 1.29 is 5.11 Å². The lowest BCUT2D eigenvalue weighted by atomic mass is 10.1. The lowest BCUT2D eigenvalue weighted by Gasteiger charge is -2.19. The molecule has 0 fully saturated rings. The Hall–Kier alpha value is -1.13. The summed E-state index contributed by atoms with van der Waals surface area (Å²) in [7, 11) is 0. The minimum atomic E-state index is -0.769. The highest BCUT2D eigenvalue weighted by Crippen LogP contribution is 2.13. The molecule has 0 bridgehead atoms. The molecule has 17 heavy (non-hydrogen) atoms. The summed E-state index contributed by atoms with van der Waals surface area (Å²) in [6, 6.07) is 6.09. The van der Waals surface area contributed by atoms with Gasteiger partial charge >= 0.3 is 0 Å². The molecule has 0 radical (unpaired) electrons. The maximum Gasteiger partial charge on any atom is 0.170 e. The molecule has 0 aliphatic carbocycles. The van der Waals surface area contributed by atoms with Gasteiger partial charge in [0.15, 0.2) is 5.11 Å². The van der Waals surface area contributed by atoms with E-state index in [4.69, 9.17) is 12.2 Å². The van der Waals surface area contributed by atoms with Crippen molar-refractivity contribution in [1.29, 1.82) is 0 Å². The van der Waals surface area contributed by atoms with Crippen LogP contribution in [0.5, 0.6) is 0 Å². The van der Waals surface area contributed by atoms with Crippen LogP contribution in [0.25, 0.3) is 0 Å². The molecule has 0 amide bonds. The van der Waals surface area contributed by atoms with Crippen molar-refractivity contribution in [3.63, 3.8) is 0 Å². The molecule has 4 heteroatoms. The van der Waals surface area contributed by atoms with Crippen LogP contribution >= 0.6 is 12.2 Å². The Labute approximate surface area is 108 Å². The van der Waals surface area contributed by atoms with Gasteiger partial charge in [-0.15, -0.1) is 0 Å². The molecule has 0 saturated carbocycles. The lowest BCUT2D eigenvalue weighted by Crippen LogP contribution is -2.40. The Balaban J connectivity index is 2.54. The smallest absolute Gasteiger partial charge is 0.170 e. The normalized spacial score (nSPS) is 11.1. The van der Waals surface area contributed by atoms with Crippen molar-refractivity contribution in [3.05, 3.63) is 29.3 Å². The van der Waals surface area contributed by atoms with E-state index in [0.29, 0.717) is 11.7 Å². The number of benzene rings is 1. The van der Waals surface area contributed by atoms with Crippen LogP contribution in [0.3, 0.4) is 0 Å². The van der Waals surface area contributed by atoms with Gasteiger partial charge in [0.1, 0.15) is 0 Å². The van der Waals surface area contributed by atoms with Crippen molar-refractivity contribution in [2.24, 2.45) is 0 Å². The zero-order valence-electron chi connectivity index (χ0n) is 10.8. The number of anilines is 1. The van der Waals surface area contributed by atoms with E-state index in [2.05, 4.69) is 30.5 Å². The Morgan fingerprint density at radius 2 is 1.94 bits per heavy atom. The second-order valence-electron chi connectivity index (χ2n) is 4.92. The van der Waals surface area contributed by atoms with E-state index in [-0.39, 0.29) is 0 Å². The molecule has 0 aliphatic heterocycles. The van der Waals surface area contributed by atoms with Gasteiger partial charge in [0.2, 0.25) is 0 Å². The number of aliphatic hydroxyl groups is 1. The molecule has 3 N–H and O–H groups in total. The fourth-order valence-electron chi connectivity index (χ4n) is 1.29. The largest absolute Gasteiger partial charge is 0.389 e. The average molecular weight is 252 g/mol. The average Bonchev–Trinajstić information content (AvgIpc) is 2.20. The molecule has 0 spiro atoms. The number of aryl methyl sites for hydroxylation is 2. The summed E-state index contributed by atoms with van der Waals surface area (Å²) >= 11 is 5.15. The van der Waals surface area contributed by atoms with Gasteiger partial charge in [0.05, 0.1) is 5.60 Å². The molecule has 1 rings (SSSR count). The van der Waals surface area contributed by atoms with Crippen LogP contribution in [-0.4, -0.2) is 22.4 Å². The minimum Gasteiger partial charge on any atom is -0.389 e. The van der Waals surface area contributed by atoms with Crippen LogP contribution in [0, 0.1) is 13.8 Å². The van der Waals surface area contributed by atoms with Gasteiger partial charge in [-0.25, -0.2) is 0 Å².